The molecule has 0 heterocycles. The second-order valence-electron chi connectivity index (χ2n) is 3.29. The molecule has 0 bridgehead atoms. The van der Waals surface area contributed by atoms with Crippen LogP contribution in [0.2, 0.25) is 0 Å². The number of benzene rings is 1. The minimum atomic E-state index is 0.376. The number of halogens is 1. The first kappa shape index (κ1) is 9.72. The van der Waals surface area contributed by atoms with E-state index in [1.807, 2.05) is 0 Å². The SMILES string of the molecule is O=C1CCc2cc(I)c([As])cc2C1. The third kappa shape index (κ3) is 1.99. The quantitative estimate of drug-likeness (QED) is 0.509. The maximum absolute atomic E-state index is 11.2. The number of aryl methyl sites for hydroxylation is 1. The van der Waals surface area contributed by atoms with E-state index in [2.05, 4.69) is 51.6 Å². The summed E-state index contributed by atoms with van der Waals surface area (Å²) in [5, 5.41) is 0. The van der Waals surface area contributed by atoms with Gasteiger partial charge >= 0.3 is 100 Å². The molecule has 1 aliphatic carbocycles. The van der Waals surface area contributed by atoms with Gasteiger partial charge in [0.2, 0.25) is 0 Å². The molecule has 13 heavy (non-hydrogen) atoms. The molecule has 0 spiro atoms. The average molecular weight is 346 g/mol. The van der Waals surface area contributed by atoms with Crippen LogP contribution in [0.25, 0.3) is 0 Å². The summed E-state index contributed by atoms with van der Waals surface area (Å²) in [6.45, 7) is 0. The first-order chi connectivity index (χ1) is 6.16. The van der Waals surface area contributed by atoms with E-state index < -0.39 is 0 Å². The fourth-order valence-corrected chi connectivity index (χ4v) is 2.61. The molecule has 0 aliphatic heterocycles. The van der Waals surface area contributed by atoms with Crippen molar-refractivity contribution in [3.63, 3.8) is 0 Å². The fourth-order valence-electron chi connectivity index (χ4n) is 1.62. The molecule has 2 radical (unpaired) electrons. The summed E-state index contributed by atoms with van der Waals surface area (Å²) in [4.78, 5) is 11.2. The summed E-state index contributed by atoms with van der Waals surface area (Å²) >= 11 is 4.89. The third-order valence-corrected chi connectivity index (χ3v) is 4.93. The van der Waals surface area contributed by atoms with Gasteiger partial charge in [-0.05, 0) is 0 Å². The number of fused-ring (bicyclic) bond motifs is 1. The molecule has 0 saturated heterocycles. The van der Waals surface area contributed by atoms with E-state index in [4.69, 9.17) is 0 Å². The first-order valence-corrected chi connectivity index (χ1v) is 6.20. The van der Waals surface area contributed by atoms with Gasteiger partial charge in [0.25, 0.3) is 0 Å². The van der Waals surface area contributed by atoms with Gasteiger partial charge in [0.15, 0.2) is 0 Å². The number of carbonyl (C=O) groups is 1. The monoisotopic (exact) mass is 346 g/mol. The van der Waals surface area contributed by atoms with Crippen LogP contribution in [0.5, 0.6) is 0 Å². The Morgan fingerprint density at radius 2 is 2.00 bits per heavy atom. The van der Waals surface area contributed by atoms with E-state index >= 15 is 0 Å². The van der Waals surface area contributed by atoms with Gasteiger partial charge in [0.1, 0.15) is 0 Å². The van der Waals surface area contributed by atoms with E-state index in [1.54, 1.807) is 0 Å². The Hall–Kier alpha value is 0.178. The Bertz CT molecular complexity index is 373. The molecule has 0 fully saturated rings. The van der Waals surface area contributed by atoms with Crippen LogP contribution in [-0.4, -0.2) is 22.6 Å². The van der Waals surface area contributed by atoms with Gasteiger partial charge in [-0.1, -0.05) is 0 Å². The Balaban J connectivity index is 2.49. The van der Waals surface area contributed by atoms with E-state index in [1.165, 1.54) is 19.0 Å². The van der Waals surface area contributed by atoms with Crippen LogP contribution in [0.1, 0.15) is 17.5 Å². The maximum atomic E-state index is 11.2. The first-order valence-electron chi connectivity index (χ1n) is 4.19. The van der Waals surface area contributed by atoms with Crippen LogP contribution in [-0.2, 0) is 17.6 Å². The number of hydrogen-bond acceptors (Lipinski definition) is 1. The number of Topliss-reactive ketones (excluding diaryl/α,β-unsaturated/α-hetero) is 1. The molecule has 3 heteroatoms. The molecule has 0 aromatic heterocycles. The van der Waals surface area contributed by atoms with Crippen molar-refractivity contribution in [3.05, 3.63) is 26.8 Å². The van der Waals surface area contributed by atoms with Gasteiger partial charge in [-0.3, -0.25) is 0 Å². The molecule has 1 aromatic carbocycles. The summed E-state index contributed by atoms with van der Waals surface area (Å²) in [5.41, 5.74) is 2.59. The summed E-state index contributed by atoms with van der Waals surface area (Å²) in [5.74, 6) is 0.376. The predicted octanol–water partition coefficient (Wildman–Crippen LogP) is 1.14. The molecule has 1 aromatic rings. The van der Waals surface area contributed by atoms with Crippen molar-refractivity contribution in [1.82, 2.24) is 0 Å². The molecule has 0 N–H and O–H groups in total. The van der Waals surface area contributed by atoms with E-state index in [0.29, 0.717) is 12.2 Å². The standard InChI is InChI=1S/C10H8AsIO/c11-9-4-7-3-8(13)2-1-6(7)5-10(9)12/h4-5H,1-3H2. The summed E-state index contributed by atoms with van der Waals surface area (Å²) in [6.07, 6.45) is 2.29. The van der Waals surface area contributed by atoms with Crippen molar-refractivity contribution in [1.29, 1.82) is 0 Å². The Morgan fingerprint density at radius 1 is 1.23 bits per heavy atom. The Kier molecular flexibility index (Phi) is 2.80. The molecule has 0 atom stereocenters. The van der Waals surface area contributed by atoms with E-state index in [9.17, 15) is 4.79 Å². The molecular weight excluding hydrogens is 338 g/mol. The molecule has 66 valence electrons. The summed E-state index contributed by atoms with van der Waals surface area (Å²) < 4.78 is 2.51. The zero-order chi connectivity index (χ0) is 9.42. The van der Waals surface area contributed by atoms with Gasteiger partial charge < -0.3 is 0 Å². The predicted molar refractivity (Wildman–Crippen MR) is 61.6 cm³/mol. The van der Waals surface area contributed by atoms with Crippen molar-refractivity contribution in [2.45, 2.75) is 19.3 Å². The Labute approximate surface area is 99.9 Å². The van der Waals surface area contributed by atoms with Gasteiger partial charge in [0.05, 0.1) is 0 Å². The minimum absolute atomic E-state index is 0.376. The number of carbonyl (C=O) groups excluding carboxylic acids is 1. The van der Waals surface area contributed by atoms with Crippen LogP contribution in [0, 0.1) is 3.57 Å². The Morgan fingerprint density at radius 3 is 2.77 bits per heavy atom. The van der Waals surface area contributed by atoms with Crippen molar-refractivity contribution < 1.29 is 4.79 Å². The fraction of sp³-hybridized carbons (Fsp3) is 0.300. The second-order valence-corrected chi connectivity index (χ2v) is 5.46. The van der Waals surface area contributed by atoms with Crippen LogP contribution in [0.4, 0.5) is 0 Å². The van der Waals surface area contributed by atoms with Crippen LogP contribution < -0.4 is 4.35 Å². The zero-order valence-electron chi connectivity index (χ0n) is 7.01. The van der Waals surface area contributed by atoms with Gasteiger partial charge in [-0.25, -0.2) is 0 Å². The summed E-state index contributed by atoms with van der Waals surface area (Å²) in [6, 6.07) is 4.34. The molecule has 0 unspecified atom stereocenters. The average Bonchev–Trinajstić information content (AvgIpc) is 2.08. The van der Waals surface area contributed by atoms with E-state index in [0.717, 1.165) is 12.8 Å². The number of ketones is 1. The van der Waals surface area contributed by atoms with Crippen LogP contribution in [0.3, 0.4) is 0 Å². The van der Waals surface area contributed by atoms with Crippen molar-refractivity contribution in [2.75, 3.05) is 0 Å². The molecule has 1 aliphatic rings. The molecule has 0 amide bonds. The van der Waals surface area contributed by atoms with Crippen LogP contribution in [0.15, 0.2) is 12.1 Å². The van der Waals surface area contributed by atoms with Gasteiger partial charge in [-0.15, -0.1) is 0 Å². The second kappa shape index (κ2) is 3.74. The molecule has 2 rings (SSSR count). The van der Waals surface area contributed by atoms with Crippen molar-refractivity contribution >= 4 is 49.6 Å². The molecule has 0 saturated carbocycles. The van der Waals surface area contributed by atoms with Crippen molar-refractivity contribution in [2.24, 2.45) is 0 Å². The summed E-state index contributed by atoms with van der Waals surface area (Å²) in [7, 11) is 0. The molecular formula is C10H8AsIO. The van der Waals surface area contributed by atoms with Gasteiger partial charge in [-0.2, -0.15) is 0 Å². The van der Waals surface area contributed by atoms with Crippen molar-refractivity contribution in [3.8, 4) is 0 Å². The molecule has 1 nitrogen and oxygen atoms in total. The van der Waals surface area contributed by atoms with E-state index in [-0.39, 0.29) is 0 Å². The number of hydrogen-bond donors (Lipinski definition) is 0. The normalized spacial score (nSPS) is 15.7. The zero-order valence-corrected chi connectivity index (χ0v) is 11.0. The van der Waals surface area contributed by atoms with Gasteiger partial charge in [0, 0.05) is 0 Å². The number of rotatable bonds is 0. The van der Waals surface area contributed by atoms with Crippen LogP contribution >= 0.6 is 22.6 Å². The topological polar surface area (TPSA) is 17.1 Å². The third-order valence-electron chi connectivity index (χ3n) is 2.33.